The molecular weight excluding hydrogens is 336 g/mol. The van der Waals surface area contributed by atoms with Crippen LogP contribution in [0.2, 0.25) is 0 Å². The fourth-order valence-electron chi connectivity index (χ4n) is 3.42. The number of nitrogens with zero attached hydrogens (tertiary/aromatic N) is 1. The van der Waals surface area contributed by atoms with E-state index < -0.39 is 0 Å². The summed E-state index contributed by atoms with van der Waals surface area (Å²) in [7, 11) is 0. The Balaban J connectivity index is 1.63. The summed E-state index contributed by atoms with van der Waals surface area (Å²) >= 11 is 0. The van der Waals surface area contributed by atoms with Crippen molar-refractivity contribution in [3.63, 3.8) is 0 Å². The highest BCUT2D eigenvalue weighted by Gasteiger charge is 2.15. The predicted molar refractivity (Wildman–Crippen MR) is 109 cm³/mol. The fourth-order valence-corrected chi connectivity index (χ4v) is 3.42. The summed E-state index contributed by atoms with van der Waals surface area (Å²) in [6.07, 6.45) is 0.864. The Morgan fingerprint density at radius 2 is 1.78 bits per heavy atom. The van der Waals surface area contributed by atoms with E-state index in [9.17, 15) is 4.79 Å². The average molecular weight is 367 g/mol. The summed E-state index contributed by atoms with van der Waals surface area (Å²) in [4.78, 5) is 15.1. The number of hydrogen-bond donors (Lipinski definition) is 1. The van der Waals surface area contributed by atoms with Gasteiger partial charge in [0.25, 0.3) is 5.91 Å². The number of benzene rings is 2. The first-order valence-electron chi connectivity index (χ1n) is 9.84. The van der Waals surface area contributed by atoms with Crippen LogP contribution in [0.4, 0.5) is 0 Å². The molecule has 144 valence electrons. The van der Waals surface area contributed by atoms with E-state index in [0.29, 0.717) is 5.56 Å². The first-order chi connectivity index (χ1) is 13.1. The molecule has 2 aromatic rings. The minimum atomic E-state index is -0.0157. The third kappa shape index (κ3) is 5.18. The standard InChI is InChI=1S/C23H30N2O2/c1-4-22(21-8-5-17(2)18(3)15-21)24-23(26)20-9-6-19(7-10-20)16-25-11-13-27-14-12-25/h5-10,15,22H,4,11-14,16H2,1-3H3,(H,24,26)/t22-/m1/s1. The molecule has 1 aliphatic rings. The van der Waals surface area contributed by atoms with Gasteiger partial charge in [-0.25, -0.2) is 0 Å². The molecule has 0 aliphatic carbocycles. The second-order valence-electron chi connectivity index (χ2n) is 7.36. The second kappa shape index (κ2) is 9.16. The predicted octanol–water partition coefficient (Wildman–Crippen LogP) is 4.02. The molecule has 1 atom stereocenters. The van der Waals surface area contributed by atoms with Crippen molar-refractivity contribution in [3.05, 3.63) is 70.3 Å². The fraction of sp³-hybridized carbons (Fsp3) is 0.435. The van der Waals surface area contributed by atoms with Crippen LogP contribution in [0.1, 0.15) is 52.0 Å². The van der Waals surface area contributed by atoms with Crippen LogP contribution >= 0.6 is 0 Å². The van der Waals surface area contributed by atoms with E-state index in [-0.39, 0.29) is 11.9 Å². The zero-order chi connectivity index (χ0) is 19.2. The lowest BCUT2D eigenvalue weighted by molar-refractivity contribution is 0.0342. The van der Waals surface area contributed by atoms with E-state index in [1.165, 1.54) is 16.7 Å². The molecule has 0 aromatic heterocycles. The van der Waals surface area contributed by atoms with Gasteiger partial charge >= 0.3 is 0 Å². The molecule has 0 spiro atoms. The molecule has 1 N–H and O–H groups in total. The molecule has 1 heterocycles. The Hall–Kier alpha value is -2.17. The summed E-state index contributed by atoms with van der Waals surface area (Å²) in [5.74, 6) is -0.0157. The molecule has 0 radical (unpaired) electrons. The van der Waals surface area contributed by atoms with E-state index in [1.807, 2.05) is 12.1 Å². The molecule has 1 aliphatic heterocycles. The van der Waals surface area contributed by atoms with Gasteiger partial charge in [-0.1, -0.05) is 37.3 Å². The van der Waals surface area contributed by atoms with Crippen molar-refractivity contribution in [3.8, 4) is 0 Å². The summed E-state index contributed by atoms with van der Waals surface area (Å²) in [6.45, 7) is 10.8. The van der Waals surface area contributed by atoms with Gasteiger partial charge in [-0.15, -0.1) is 0 Å². The van der Waals surface area contributed by atoms with E-state index in [2.05, 4.69) is 61.3 Å². The number of carbonyl (C=O) groups is 1. The van der Waals surface area contributed by atoms with Crippen LogP contribution in [0.25, 0.3) is 0 Å². The largest absolute Gasteiger partial charge is 0.379 e. The van der Waals surface area contributed by atoms with Crippen LogP contribution in [0.15, 0.2) is 42.5 Å². The van der Waals surface area contributed by atoms with Crippen molar-refractivity contribution in [1.29, 1.82) is 0 Å². The quantitative estimate of drug-likeness (QED) is 0.840. The monoisotopic (exact) mass is 366 g/mol. The smallest absolute Gasteiger partial charge is 0.251 e. The maximum atomic E-state index is 12.7. The van der Waals surface area contributed by atoms with Crippen molar-refractivity contribution in [2.75, 3.05) is 26.3 Å². The van der Waals surface area contributed by atoms with Crippen molar-refractivity contribution in [1.82, 2.24) is 10.2 Å². The third-order valence-corrected chi connectivity index (χ3v) is 5.37. The molecule has 4 heteroatoms. The van der Waals surface area contributed by atoms with Crippen molar-refractivity contribution in [2.45, 2.75) is 39.8 Å². The van der Waals surface area contributed by atoms with E-state index in [0.717, 1.165) is 44.8 Å². The number of aryl methyl sites for hydroxylation is 2. The van der Waals surface area contributed by atoms with Crippen LogP contribution in [-0.2, 0) is 11.3 Å². The zero-order valence-corrected chi connectivity index (χ0v) is 16.6. The topological polar surface area (TPSA) is 41.6 Å². The van der Waals surface area contributed by atoms with Gasteiger partial charge in [0.15, 0.2) is 0 Å². The van der Waals surface area contributed by atoms with Gasteiger partial charge in [0.05, 0.1) is 19.3 Å². The number of morpholine rings is 1. The summed E-state index contributed by atoms with van der Waals surface area (Å²) < 4.78 is 5.39. The van der Waals surface area contributed by atoms with Gasteiger partial charge in [0, 0.05) is 25.2 Å². The number of ether oxygens (including phenoxy) is 1. The molecule has 0 saturated carbocycles. The molecule has 4 nitrogen and oxygen atoms in total. The Kier molecular flexibility index (Phi) is 6.64. The van der Waals surface area contributed by atoms with Crippen LogP contribution in [0.3, 0.4) is 0 Å². The van der Waals surface area contributed by atoms with Gasteiger partial charge in [-0.2, -0.15) is 0 Å². The molecule has 0 bridgehead atoms. The highest BCUT2D eigenvalue weighted by atomic mass is 16.5. The minimum Gasteiger partial charge on any atom is -0.379 e. The third-order valence-electron chi connectivity index (χ3n) is 5.37. The highest BCUT2D eigenvalue weighted by Crippen LogP contribution is 2.20. The van der Waals surface area contributed by atoms with Gasteiger partial charge in [0.2, 0.25) is 0 Å². The number of amides is 1. The van der Waals surface area contributed by atoms with E-state index in [1.54, 1.807) is 0 Å². The van der Waals surface area contributed by atoms with Gasteiger partial charge < -0.3 is 10.1 Å². The van der Waals surface area contributed by atoms with Gasteiger partial charge in [0.1, 0.15) is 0 Å². The molecular formula is C23H30N2O2. The minimum absolute atomic E-state index is 0.0157. The molecule has 1 fully saturated rings. The molecule has 0 unspecified atom stereocenters. The maximum Gasteiger partial charge on any atom is 0.251 e. The van der Waals surface area contributed by atoms with Gasteiger partial charge in [-0.3, -0.25) is 9.69 Å². The number of hydrogen-bond acceptors (Lipinski definition) is 3. The van der Waals surface area contributed by atoms with Gasteiger partial charge in [-0.05, 0) is 54.7 Å². The molecule has 1 saturated heterocycles. The first kappa shape index (κ1) is 19.6. The Morgan fingerprint density at radius 3 is 2.41 bits per heavy atom. The summed E-state index contributed by atoms with van der Waals surface area (Å²) in [5.41, 5.74) is 5.64. The second-order valence-corrected chi connectivity index (χ2v) is 7.36. The first-order valence-corrected chi connectivity index (χ1v) is 9.84. The van der Waals surface area contributed by atoms with Crippen LogP contribution < -0.4 is 5.32 Å². The average Bonchev–Trinajstić information content (AvgIpc) is 2.69. The SMILES string of the molecule is CC[C@@H](NC(=O)c1ccc(CN2CCOCC2)cc1)c1ccc(C)c(C)c1. The zero-order valence-electron chi connectivity index (χ0n) is 16.6. The summed E-state index contributed by atoms with van der Waals surface area (Å²) in [5, 5.41) is 3.18. The number of nitrogens with one attached hydrogen (secondary N) is 1. The number of rotatable bonds is 6. The Labute approximate surface area is 162 Å². The lowest BCUT2D eigenvalue weighted by Gasteiger charge is -2.26. The van der Waals surface area contributed by atoms with Crippen LogP contribution in [0.5, 0.6) is 0 Å². The van der Waals surface area contributed by atoms with Crippen molar-refractivity contribution < 1.29 is 9.53 Å². The van der Waals surface area contributed by atoms with E-state index in [4.69, 9.17) is 4.74 Å². The van der Waals surface area contributed by atoms with Crippen molar-refractivity contribution >= 4 is 5.91 Å². The summed E-state index contributed by atoms with van der Waals surface area (Å²) in [6, 6.07) is 14.4. The highest BCUT2D eigenvalue weighted by molar-refractivity contribution is 5.94. The maximum absolute atomic E-state index is 12.7. The molecule has 27 heavy (non-hydrogen) atoms. The van der Waals surface area contributed by atoms with Crippen LogP contribution in [-0.4, -0.2) is 37.1 Å². The molecule has 2 aromatic carbocycles. The van der Waals surface area contributed by atoms with Crippen molar-refractivity contribution in [2.24, 2.45) is 0 Å². The molecule has 3 rings (SSSR count). The number of carbonyl (C=O) groups excluding carboxylic acids is 1. The van der Waals surface area contributed by atoms with E-state index >= 15 is 0 Å². The van der Waals surface area contributed by atoms with Crippen LogP contribution in [0, 0.1) is 13.8 Å². The lowest BCUT2D eigenvalue weighted by Crippen LogP contribution is -2.35. The normalized spacial score (nSPS) is 16.1. The molecule has 1 amide bonds. The Bertz CT molecular complexity index is 764. The lowest BCUT2D eigenvalue weighted by atomic mass is 9.99. The Morgan fingerprint density at radius 1 is 1.07 bits per heavy atom.